The molecule has 0 fully saturated rings. The minimum Gasteiger partial charge on any atom is -0.478 e. The van der Waals surface area contributed by atoms with Gasteiger partial charge in [-0.1, -0.05) is 0 Å². The number of hydrogen-bond acceptors (Lipinski definition) is 4. The van der Waals surface area contributed by atoms with Gasteiger partial charge in [0, 0.05) is 11.9 Å². The van der Waals surface area contributed by atoms with E-state index >= 15 is 0 Å². The Balaban J connectivity index is 2.25. The zero-order chi connectivity index (χ0) is 14.7. The van der Waals surface area contributed by atoms with Gasteiger partial charge in [0.25, 0.3) is 5.91 Å². The third kappa shape index (κ3) is 2.74. The number of pyridine rings is 1. The maximum atomic E-state index is 12.0. The van der Waals surface area contributed by atoms with Gasteiger partial charge in [-0.25, -0.2) is 9.78 Å². The fourth-order valence-corrected chi connectivity index (χ4v) is 1.73. The van der Waals surface area contributed by atoms with Gasteiger partial charge in [-0.05, 0) is 42.8 Å². The monoisotopic (exact) mass is 271 g/mol. The lowest BCUT2D eigenvalue weighted by Crippen LogP contribution is -2.16. The van der Waals surface area contributed by atoms with E-state index in [-0.39, 0.29) is 16.9 Å². The van der Waals surface area contributed by atoms with Crippen molar-refractivity contribution in [3.63, 3.8) is 0 Å². The summed E-state index contributed by atoms with van der Waals surface area (Å²) < 4.78 is 0. The smallest absolute Gasteiger partial charge is 0.335 e. The quantitative estimate of drug-likeness (QED) is 0.791. The molecule has 0 saturated carbocycles. The Labute approximate surface area is 115 Å². The van der Waals surface area contributed by atoms with Crippen molar-refractivity contribution in [1.82, 2.24) is 4.98 Å². The number of carboxylic acids is 1. The predicted octanol–water partition coefficient (Wildman–Crippen LogP) is 1.92. The molecule has 2 aromatic rings. The van der Waals surface area contributed by atoms with E-state index in [4.69, 9.17) is 10.8 Å². The van der Waals surface area contributed by atoms with Gasteiger partial charge in [0.05, 0.1) is 11.3 Å². The molecule has 1 aromatic heterocycles. The van der Waals surface area contributed by atoms with Crippen LogP contribution >= 0.6 is 0 Å². The van der Waals surface area contributed by atoms with E-state index in [1.165, 1.54) is 24.4 Å². The van der Waals surface area contributed by atoms with Crippen molar-refractivity contribution in [2.45, 2.75) is 6.92 Å². The Morgan fingerprint density at radius 3 is 2.65 bits per heavy atom. The van der Waals surface area contributed by atoms with Crippen LogP contribution in [0.4, 0.5) is 11.4 Å². The number of benzene rings is 1. The second-order valence-corrected chi connectivity index (χ2v) is 4.23. The number of anilines is 2. The zero-order valence-corrected chi connectivity index (χ0v) is 10.8. The third-order valence-corrected chi connectivity index (χ3v) is 2.78. The number of nitrogens with two attached hydrogens (primary N) is 1. The highest BCUT2D eigenvalue weighted by Gasteiger charge is 2.13. The summed E-state index contributed by atoms with van der Waals surface area (Å²) in [7, 11) is 0. The number of aromatic nitrogens is 1. The molecule has 0 bridgehead atoms. The number of hydrogen-bond donors (Lipinski definition) is 3. The highest BCUT2D eigenvalue weighted by Crippen LogP contribution is 2.18. The van der Waals surface area contributed by atoms with Crippen molar-refractivity contribution in [1.29, 1.82) is 0 Å². The fraction of sp³-hybridized carbons (Fsp3) is 0.0714. The average molecular weight is 271 g/mol. The average Bonchev–Trinajstić information content (AvgIpc) is 2.41. The van der Waals surface area contributed by atoms with E-state index in [9.17, 15) is 9.59 Å². The number of nitrogen functional groups attached to an aromatic ring is 1. The van der Waals surface area contributed by atoms with Gasteiger partial charge in [-0.15, -0.1) is 0 Å². The summed E-state index contributed by atoms with van der Waals surface area (Å²) in [5.41, 5.74) is 7.42. The summed E-state index contributed by atoms with van der Waals surface area (Å²) in [6.07, 6.45) is 1.48. The van der Waals surface area contributed by atoms with Crippen LogP contribution in [0.1, 0.15) is 26.4 Å². The van der Waals surface area contributed by atoms with E-state index in [1.54, 1.807) is 19.1 Å². The van der Waals surface area contributed by atoms with E-state index in [2.05, 4.69) is 10.3 Å². The molecule has 6 heteroatoms. The molecule has 1 heterocycles. The van der Waals surface area contributed by atoms with Crippen LogP contribution in [-0.2, 0) is 0 Å². The van der Waals surface area contributed by atoms with Crippen molar-refractivity contribution in [3.8, 4) is 0 Å². The number of aryl methyl sites for hydroxylation is 1. The van der Waals surface area contributed by atoms with Crippen molar-refractivity contribution in [2.24, 2.45) is 0 Å². The second kappa shape index (κ2) is 5.40. The van der Waals surface area contributed by atoms with Gasteiger partial charge in [0.1, 0.15) is 0 Å². The van der Waals surface area contributed by atoms with E-state index in [0.717, 1.165) is 0 Å². The minimum atomic E-state index is -1.01. The van der Waals surface area contributed by atoms with Crippen molar-refractivity contribution in [3.05, 3.63) is 53.3 Å². The van der Waals surface area contributed by atoms with E-state index in [0.29, 0.717) is 11.3 Å². The maximum absolute atomic E-state index is 12.0. The number of rotatable bonds is 3. The molecule has 6 nitrogen and oxygen atoms in total. The van der Waals surface area contributed by atoms with Gasteiger partial charge in [-0.3, -0.25) is 4.79 Å². The number of carboxylic acid groups (broad SMARTS) is 1. The summed E-state index contributed by atoms with van der Waals surface area (Å²) in [6, 6.07) is 7.67. The highest BCUT2D eigenvalue weighted by atomic mass is 16.4. The second-order valence-electron chi connectivity index (χ2n) is 4.23. The molecule has 0 atom stereocenters. The van der Waals surface area contributed by atoms with Crippen LogP contribution in [0.5, 0.6) is 0 Å². The van der Waals surface area contributed by atoms with Crippen molar-refractivity contribution < 1.29 is 14.7 Å². The molecule has 0 aliphatic heterocycles. The summed E-state index contributed by atoms with van der Waals surface area (Å²) >= 11 is 0. The van der Waals surface area contributed by atoms with E-state index in [1.807, 2.05) is 0 Å². The molecule has 102 valence electrons. The molecule has 2 rings (SSSR count). The lowest BCUT2D eigenvalue weighted by atomic mass is 10.1. The van der Waals surface area contributed by atoms with Crippen molar-refractivity contribution in [2.75, 3.05) is 11.1 Å². The zero-order valence-electron chi connectivity index (χ0n) is 10.8. The fourth-order valence-electron chi connectivity index (χ4n) is 1.73. The van der Waals surface area contributed by atoms with Gasteiger partial charge in [0.15, 0.2) is 5.69 Å². The summed E-state index contributed by atoms with van der Waals surface area (Å²) in [4.78, 5) is 26.8. The van der Waals surface area contributed by atoms with Crippen LogP contribution in [0.15, 0.2) is 36.5 Å². The van der Waals surface area contributed by atoms with Gasteiger partial charge >= 0.3 is 5.97 Å². The number of amides is 1. The van der Waals surface area contributed by atoms with Crippen LogP contribution in [0.2, 0.25) is 0 Å². The summed E-state index contributed by atoms with van der Waals surface area (Å²) in [6.45, 7) is 1.71. The summed E-state index contributed by atoms with van der Waals surface area (Å²) in [5.74, 6) is -1.45. The van der Waals surface area contributed by atoms with Crippen LogP contribution in [0, 0.1) is 6.92 Å². The van der Waals surface area contributed by atoms with E-state index < -0.39 is 11.9 Å². The molecule has 0 spiro atoms. The topological polar surface area (TPSA) is 105 Å². The van der Waals surface area contributed by atoms with Crippen LogP contribution in [0.25, 0.3) is 0 Å². The molecule has 0 aliphatic rings. The first-order valence-corrected chi connectivity index (χ1v) is 5.85. The molecular weight excluding hydrogens is 258 g/mol. The number of nitrogens with one attached hydrogen (secondary N) is 1. The number of carbonyl (C=O) groups excluding carboxylic acids is 1. The first-order chi connectivity index (χ1) is 9.49. The Hall–Kier alpha value is -2.89. The lowest BCUT2D eigenvalue weighted by Gasteiger charge is -2.09. The summed E-state index contributed by atoms with van der Waals surface area (Å²) in [5, 5.41) is 11.5. The molecule has 0 unspecified atom stereocenters. The molecule has 4 N–H and O–H groups in total. The molecule has 0 saturated heterocycles. The normalized spacial score (nSPS) is 10.1. The van der Waals surface area contributed by atoms with Crippen LogP contribution < -0.4 is 11.1 Å². The number of carbonyl (C=O) groups is 2. The molecule has 20 heavy (non-hydrogen) atoms. The Morgan fingerprint density at radius 2 is 2.05 bits per heavy atom. The Morgan fingerprint density at radius 1 is 1.30 bits per heavy atom. The van der Waals surface area contributed by atoms with Gasteiger partial charge < -0.3 is 16.2 Å². The Bertz CT molecular complexity index is 683. The first-order valence-electron chi connectivity index (χ1n) is 5.85. The minimum absolute atomic E-state index is 0.134. The predicted molar refractivity (Wildman–Crippen MR) is 74.7 cm³/mol. The third-order valence-electron chi connectivity index (χ3n) is 2.78. The van der Waals surface area contributed by atoms with Crippen molar-refractivity contribution >= 4 is 23.3 Å². The Kier molecular flexibility index (Phi) is 3.65. The van der Waals surface area contributed by atoms with Crippen LogP contribution in [0.3, 0.4) is 0 Å². The molecule has 1 amide bonds. The standard InChI is InChI=1S/C14H13N3O3/c1-8-7-9(14(19)20)4-5-11(8)17-13(18)12-10(15)3-2-6-16-12/h2-7H,15H2,1H3,(H,17,18)(H,19,20). The SMILES string of the molecule is Cc1cc(C(=O)O)ccc1NC(=O)c1ncccc1N. The largest absolute Gasteiger partial charge is 0.478 e. The molecular formula is C14H13N3O3. The lowest BCUT2D eigenvalue weighted by molar-refractivity contribution is 0.0696. The highest BCUT2D eigenvalue weighted by molar-refractivity contribution is 6.06. The first kappa shape index (κ1) is 13.5. The number of nitrogens with zero attached hydrogens (tertiary/aromatic N) is 1. The molecule has 1 aromatic carbocycles. The molecule has 0 aliphatic carbocycles. The molecule has 0 radical (unpaired) electrons. The van der Waals surface area contributed by atoms with Crippen LogP contribution in [-0.4, -0.2) is 22.0 Å². The maximum Gasteiger partial charge on any atom is 0.335 e. The number of aromatic carboxylic acids is 1. The van der Waals surface area contributed by atoms with Gasteiger partial charge in [-0.2, -0.15) is 0 Å². The van der Waals surface area contributed by atoms with Gasteiger partial charge in [0.2, 0.25) is 0 Å².